The quantitative estimate of drug-likeness (QED) is 0.588. The minimum atomic E-state index is -1.22. The Morgan fingerprint density at radius 1 is 1.23 bits per heavy atom. The van der Waals surface area contributed by atoms with Crippen LogP contribution in [0.25, 0.3) is 10.1 Å². The molecule has 0 saturated carbocycles. The number of rotatable bonds is 6. The summed E-state index contributed by atoms with van der Waals surface area (Å²) in [6, 6.07) is 6.36. The highest BCUT2D eigenvalue weighted by Crippen LogP contribution is 2.38. The SMILES string of the molecule is Cc1cc(NC(=O)c2ccc3c(OCC(=O)O)c(C(=O)O)sc3c2)sn1. The first-order valence-corrected chi connectivity index (χ1v) is 8.83. The van der Waals surface area contributed by atoms with Gasteiger partial charge in [0.25, 0.3) is 5.91 Å². The van der Waals surface area contributed by atoms with Crippen molar-refractivity contribution >= 4 is 55.8 Å². The number of hydrogen-bond donors (Lipinski definition) is 3. The second-order valence-corrected chi connectivity index (χ2v) is 7.10. The molecule has 2 aromatic heterocycles. The molecule has 1 aromatic carbocycles. The van der Waals surface area contributed by atoms with E-state index < -0.39 is 18.5 Å². The monoisotopic (exact) mass is 392 g/mol. The molecule has 0 atom stereocenters. The van der Waals surface area contributed by atoms with Gasteiger partial charge < -0.3 is 20.3 Å². The summed E-state index contributed by atoms with van der Waals surface area (Å²) in [7, 11) is 0. The first-order chi connectivity index (χ1) is 12.3. The Hall–Kier alpha value is -2.98. The molecule has 3 aromatic rings. The van der Waals surface area contributed by atoms with Crippen molar-refractivity contribution < 1.29 is 29.3 Å². The maximum Gasteiger partial charge on any atom is 0.349 e. The Balaban J connectivity index is 1.94. The number of nitrogens with one attached hydrogen (secondary N) is 1. The van der Waals surface area contributed by atoms with Crippen LogP contribution in [0.3, 0.4) is 0 Å². The lowest BCUT2D eigenvalue weighted by Crippen LogP contribution is -2.11. The Morgan fingerprint density at radius 2 is 2.00 bits per heavy atom. The Kier molecular flexibility index (Phi) is 4.87. The maximum absolute atomic E-state index is 12.4. The highest BCUT2D eigenvalue weighted by atomic mass is 32.1. The van der Waals surface area contributed by atoms with Crippen molar-refractivity contribution in [1.29, 1.82) is 0 Å². The van der Waals surface area contributed by atoms with Crippen molar-refractivity contribution in [2.45, 2.75) is 6.92 Å². The normalized spacial score (nSPS) is 10.7. The van der Waals surface area contributed by atoms with Crippen LogP contribution >= 0.6 is 22.9 Å². The summed E-state index contributed by atoms with van der Waals surface area (Å²) in [5.74, 6) is -2.80. The number of aryl methyl sites for hydroxylation is 1. The minimum absolute atomic E-state index is 0.00932. The van der Waals surface area contributed by atoms with E-state index in [-0.39, 0.29) is 16.5 Å². The van der Waals surface area contributed by atoms with Crippen LogP contribution < -0.4 is 10.1 Å². The minimum Gasteiger partial charge on any atom is -0.479 e. The number of fused-ring (bicyclic) bond motifs is 1. The number of ether oxygens (including phenoxy) is 1. The highest BCUT2D eigenvalue weighted by Gasteiger charge is 2.21. The van der Waals surface area contributed by atoms with Crippen molar-refractivity contribution in [3.63, 3.8) is 0 Å². The Labute approximate surface area is 154 Å². The molecule has 0 saturated heterocycles. The molecule has 8 nitrogen and oxygen atoms in total. The highest BCUT2D eigenvalue weighted by molar-refractivity contribution is 7.21. The molecule has 0 unspecified atom stereocenters. The van der Waals surface area contributed by atoms with Gasteiger partial charge in [-0.15, -0.1) is 11.3 Å². The molecule has 1 amide bonds. The van der Waals surface area contributed by atoms with Gasteiger partial charge in [-0.2, -0.15) is 4.37 Å². The molecule has 3 N–H and O–H groups in total. The molecule has 3 rings (SSSR count). The summed E-state index contributed by atoms with van der Waals surface area (Å²) < 4.78 is 9.73. The number of aromatic carboxylic acids is 1. The molecule has 0 aliphatic carbocycles. The van der Waals surface area contributed by atoms with Crippen molar-refractivity contribution in [2.24, 2.45) is 0 Å². The predicted octanol–water partition coefficient (Wildman–Crippen LogP) is 3.08. The first-order valence-electron chi connectivity index (χ1n) is 7.24. The number of carbonyl (C=O) groups excluding carboxylic acids is 1. The number of aliphatic carboxylic acids is 1. The van der Waals surface area contributed by atoms with Crippen LogP contribution in [-0.2, 0) is 4.79 Å². The summed E-state index contributed by atoms with van der Waals surface area (Å²) >= 11 is 2.08. The van der Waals surface area contributed by atoms with Gasteiger partial charge in [0.1, 0.15) is 5.00 Å². The average molecular weight is 392 g/mol. The van der Waals surface area contributed by atoms with Crippen molar-refractivity contribution in [3.8, 4) is 5.75 Å². The summed E-state index contributed by atoms with van der Waals surface area (Å²) in [6.45, 7) is 1.16. The zero-order chi connectivity index (χ0) is 18.8. The number of aromatic nitrogens is 1. The van der Waals surface area contributed by atoms with E-state index in [4.69, 9.17) is 9.84 Å². The lowest BCUT2D eigenvalue weighted by atomic mass is 10.1. The van der Waals surface area contributed by atoms with Gasteiger partial charge in [0, 0.05) is 15.6 Å². The lowest BCUT2D eigenvalue weighted by Gasteiger charge is -2.04. The molecule has 0 bridgehead atoms. The number of hydrogen-bond acceptors (Lipinski definition) is 7. The van der Waals surface area contributed by atoms with E-state index in [1.165, 1.54) is 6.07 Å². The lowest BCUT2D eigenvalue weighted by molar-refractivity contribution is -0.139. The van der Waals surface area contributed by atoms with E-state index in [0.29, 0.717) is 20.7 Å². The van der Waals surface area contributed by atoms with E-state index >= 15 is 0 Å². The standard InChI is InChI=1S/C16H12N2O6S2/c1-7-4-11(26-18-7)17-15(21)8-2-3-9-10(5-8)25-14(16(22)23)13(9)24-6-12(19)20/h2-5H,6H2,1H3,(H,17,21)(H,19,20)(H,22,23). The number of carboxylic acid groups (broad SMARTS) is 2. The summed E-state index contributed by atoms with van der Waals surface area (Å²) in [5.41, 5.74) is 1.14. The largest absolute Gasteiger partial charge is 0.479 e. The topological polar surface area (TPSA) is 126 Å². The third-order valence-corrected chi connectivity index (χ3v) is 5.22. The second-order valence-electron chi connectivity index (χ2n) is 5.25. The second kappa shape index (κ2) is 7.10. The summed E-state index contributed by atoms with van der Waals surface area (Å²) in [5, 5.41) is 21.8. The number of benzene rings is 1. The number of amides is 1. The van der Waals surface area contributed by atoms with Crippen LogP contribution in [-0.4, -0.2) is 39.0 Å². The van der Waals surface area contributed by atoms with E-state index in [1.807, 2.05) is 6.92 Å². The molecule has 26 heavy (non-hydrogen) atoms. The molecule has 134 valence electrons. The van der Waals surface area contributed by atoms with Gasteiger partial charge >= 0.3 is 11.9 Å². The molecule has 0 radical (unpaired) electrons. The van der Waals surface area contributed by atoms with Gasteiger partial charge in [-0.25, -0.2) is 9.59 Å². The molecule has 0 aliphatic rings. The van der Waals surface area contributed by atoms with Crippen LogP contribution in [0.2, 0.25) is 0 Å². The van der Waals surface area contributed by atoms with Gasteiger partial charge in [0.15, 0.2) is 17.2 Å². The smallest absolute Gasteiger partial charge is 0.349 e. The molecule has 0 spiro atoms. The van der Waals surface area contributed by atoms with Crippen molar-refractivity contribution in [2.75, 3.05) is 11.9 Å². The van der Waals surface area contributed by atoms with Crippen LogP contribution in [0.15, 0.2) is 24.3 Å². The summed E-state index contributed by atoms with van der Waals surface area (Å²) in [6.07, 6.45) is 0. The number of carboxylic acids is 2. The van der Waals surface area contributed by atoms with E-state index in [1.54, 1.807) is 18.2 Å². The fourth-order valence-corrected chi connectivity index (χ4v) is 3.92. The Bertz CT molecular complexity index is 1020. The van der Waals surface area contributed by atoms with Crippen LogP contribution in [0.4, 0.5) is 5.00 Å². The van der Waals surface area contributed by atoms with Gasteiger partial charge in [-0.3, -0.25) is 4.79 Å². The number of thiophene rings is 1. The van der Waals surface area contributed by atoms with Crippen LogP contribution in [0, 0.1) is 6.92 Å². The predicted molar refractivity (Wildman–Crippen MR) is 96.7 cm³/mol. The number of nitrogens with zero attached hydrogens (tertiary/aromatic N) is 1. The van der Waals surface area contributed by atoms with E-state index in [0.717, 1.165) is 28.6 Å². The molecular weight excluding hydrogens is 380 g/mol. The van der Waals surface area contributed by atoms with Gasteiger partial charge in [-0.1, -0.05) is 0 Å². The molecular formula is C16H12N2O6S2. The number of carbonyl (C=O) groups is 3. The van der Waals surface area contributed by atoms with Crippen molar-refractivity contribution in [3.05, 3.63) is 40.4 Å². The maximum atomic E-state index is 12.4. The zero-order valence-corrected chi connectivity index (χ0v) is 14.9. The molecule has 0 aliphatic heterocycles. The van der Waals surface area contributed by atoms with Gasteiger partial charge in [-0.05, 0) is 42.7 Å². The van der Waals surface area contributed by atoms with Crippen LogP contribution in [0.5, 0.6) is 5.75 Å². The van der Waals surface area contributed by atoms with Crippen molar-refractivity contribution in [1.82, 2.24) is 4.37 Å². The third-order valence-electron chi connectivity index (χ3n) is 3.31. The third kappa shape index (κ3) is 3.65. The van der Waals surface area contributed by atoms with Gasteiger partial charge in [0.2, 0.25) is 0 Å². The zero-order valence-electron chi connectivity index (χ0n) is 13.3. The Morgan fingerprint density at radius 3 is 2.62 bits per heavy atom. The van der Waals surface area contributed by atoms with Gasteiger partial charge in [0.05, 0.1) is 5.69 Å². The fraction of sp³-hybridized carbons (Fsp3) is 0.125. The molecule has 0 fully saturated rings. The van der Waals surface area contributed by atoms with E-state index in [2.05, 4.69) is 9.69 Å². The fourth-order valence-electron chi connectivity index (χ4n) is 2.24. The van der Waals surface area contributed by atoms with Crippen LogP contribution in [0.1, 0.15) is 25.7 Å². The molecule has 2 heterocycles. The molecule has 10 heteroatoms. The average Bonchev–Trinajstić information content (AvgIpc) is 3.15. The van der Waals surface area contributed by atoms with E-state index in [9.17, 15) is 19.5 Å². The number of anilines is 1. The first kappa shape index (κ1) is 17.8. The summed E-state index contributed by atoms with van der Waals surface area (Å²) in [4.78, 5) is 34.3.